The highest BCUT2D eigenvalue weighted by molar-refractivity contribution is 5.78. The van der Waals surface area contributed by atoms with Gasteiger partial charge in [0.2, 0.25) is 5.91 Å². The van der Waals surface area contributed by atoms with Crippen LogP contribution in [0.5, 0.6) is 0 Å². The van der Waals surface area contributed by atoms with Crippen molar-refractivity contribution in [3.63, 3.8) is 0 Å². The van der Waals surface area contributed by atoms with Crippen LogP contribution in [0.1, 0.15) is 44.9 Å². The SMILES string of the molecule is O=C(CN1CCC(F)(F)CC1)NC1CCCCC1. The molecule has 1 heterocycles. The van der Waals surface area contributed by atoms with Crippen molar-refractivity contribution in [3.8, 4) is 0 Å². The second-order valence-electron chi connectivity index (χ2n) is 5.53. The topological polar surface area (TPSA) is 32.3 Å². The minimum Gasteiger partial charge on any atom is -0.352 e. The van der Waals surface area contributed by atoms with Crippen LogP contribution < -0.4 is 5.32 Å². The number of hydrogen-bond donors (Lipinski definition) is 1. The standard InChI is InChI=1S/C13H22F2N2O/c14-13(15)6-8-17(9-7-13)10-12(18)16-11-4-2-1-3-5-11/h11H,1-10H2,(H,16,18). The van der Waals surface area contributed by atoms with E-state index in [4.69, 9.17) is 0 Å². The molecule has 18 heavy (non-hydrogen) atoms. The van der Waals surface area contributed by atoms with Crippen LogP contribution in [-0.4, -0.2) is 42.4 Å². The Morgan fingerprint density at radius 3 is 2.39 bits per heavy atom. The Hall–Kier alpha value is -0.710. The molecule has 0 atom stereocenters. The highest BCUT2D eigenvalue weighted by atomic mass is 19.3. The molecule has 5 heteroatoms. The monoisotopic (exact) mass is 260 g/mol. The van der Waals surface area contributed by atoms with Gasteiger partial charge in [-0.1, -0.05) is 19.3 Å². The Morgan fingerprint density at radius 1 is 1.17 bits per heavy atom. The van der Waals surface area contributed by atoms with E-state index in [1.54, 1.807) is 0 Å². The van der Waals surface area contributed by atoms with Crippen molar-refractivity contribution in [1.82, 2.24) is 10.2 Å². The van der Waals surface area contributed by atoms with Crippen LogP contribution in [0.4, 0.5) is 8.78 Å². The summed E-state index contributed by atoms with van der Waals surface area (Å²) < 4.78 is 25.9. The van der Waals surface area contributed by atoms with Crippen LogP contribution in [0.15, 0.2) is 0 Å². The molecule has 1 saturated heterocycles. The number of nitrogens with one attached hydrogen (secondary N) is 1. The lowest BCUT2D eigenvalue weighted by Crippen LogP contribution is -2.46. The molecule has 3 nitrogen and oxygen atoms in total. The molecule has 104 valence electrons. The summed E-state index contributed by atoms with van der Waals surface area (Å²) in [5, 5.41) is 3.02. The van der Waals surface area contributed by atoms with Gasteiger partial charge in [-0.2, -0.15) is 0 Å². The van der Waals surface area contributed by atoms with Gasteiger partial charge < -0.3 is 5.32 Å². The summed E-state index contributed by atoms with van der Waals surface area (Å²) in [5.74, 6) is -2.54. The van der Waals surface area contributed by atoms with Gasteiger partial charge in [-0.3, -0.25) is 9.69 Å². The molecule has 2 rings (SSSR count). The molecule has 2 aliphatic rings. The Balaban J connectivity index is 1.68. The Labute approximate surface area is 107 Å². The zero-order valence-electron chi connectivity index (χ0n) is 10.8. The fourth-order valence-electron chi connectivity index (χ4n) is 2.76. The second-order valence-corrected chi connectivity index (χ2v) is 5.53. The van der Waals surface area contributed by atoms with Crippen molar-refractivity contribution in [1.29, 1.82) is 0 Å². The number of nitrogens with zero attached hydrogens (tertiary/aromatic N) is 1. The van der Waals surface area contributed by atoms with Gasteiger partial charge in [0.05, 0.1) is 6.54 Å². The summed E-state index contributed by atoms with van der Waals surface area (Å²) >= 11 is 0. The first-order valence-electron chi connectivity index (χ1n) is 6.95. The number of likely N-dealkylation sites (tertiary alicyclic amines) is 1. The maximum absolute atomic E-state index is 13.0. The van der Waals surface area contributed by atoms with Gasteiger partial charge in [0.15, 0.2) is 0 Å². The molecule has 1 aliphatic heterocycles. The molecule has 0 spiro atoms. The summed E-state index contributed by atoms with van der Waals surface area (Å²) in [4.78, 5) is 13.6. The first kappa shape index (κ1) is 13.7. The average Bonchev–Trinajstić information content (AvgIpc) is 2.33. The van der Waals surface area contributed by atoms with Crippen molar-refractivity contribution in [2.45, 2.75) is 56.9 Å². The van der Waals surface area contributed by atoms with E-state index in [-0.39, 0.29) is 25.3 Å². The predicted octanol–water partition coefficient (Wildman–Crippen LogP) is 2.17. The molecule has 1 N–H and O–H groups in total. The first-order valence-corrected chi connectivity index (χ1v) is 6.95. The van der Waals surface area contributed by atoms with Crippen LogP contribution in [0, 0.1) is 0 Å². The van der Waals surface area contributed by atoms with Crippen molar-refractivity contribution in [2.75, 3.05) is 19.6 Å². The lowest BCUT2D eigenvalue weighted by molar-refractivity contribution is -0.125. The lowest BCUT2D eigenvalue weighted by atomic mass is 9.95. The second kappa shape index (κ2) is 5.95. The Bertz CT molecular complexity index is 281. The predicted molar refractivity (Wildman–Crippen MR) is 65.6 cm³/mol. The van der Waals surface area contributed by atoms with Gasteiger partial charge in [0.1, 0.15) is 0 Å². The maximum Gasteiger partial charge on any atom is 0.250 e. The Kier molecular flexibility index (Phi) is 4.54. The Morgan fingerprint density at radius 2 is 1.78 bits per heavy atom. The molecule has 0 aromatic heterocycles. The number of hydrogen-bond acceptors (Lipinski definition) is 2. The maximum atomic E-state index is 13.0. The van der Waals surface area contributed by atoms with E-state index in [0.717, 1.165) is 12.8 Å². The zero-order chi connectivity index (χ0) is 13.0. The molecular formula is C13H22F2N2O. The van der Waals surface area contributed by atoms with Crippen LogP contribution in [0.25, 0.3) is 0 Å². The third-order valence-electron chi connectivity index (χ3n) is 3.93. The van der Waals surface area contributed by atoms with Gasteiger partial charge >= 0.3 is 0 Å². The summed E-state index contributed by atoms with van der Waals surface area (Å²) in [6.07, 6.45) is 5.50. The first-order chi connectivity index (χ1) is 8.55. The molecule has 1 saturated carbocycles. The molecule has 0 aromatic rings. The molecule has 1 aliphatic carbocycles. The summed E-state index contributed by atoms with van der Waals surface area (Å²) in [5.41, 5.74) is 0. The quantitative estimate of drug-likeness (QED) is 0.843. The number of amides is 1. The average molecular weight is 260 g/mol. The zero-order valence-corrected chi connectivity index (χ0v) is 10.8. The van der Waals surface area contributed by atoms with Crippen molar-refractivity contribution in [2.24, 2.45) is 0 Å². The highest BCUT2D eigenvalue weighted by Crippen LogP contribution is 2.27. The number of rotatable bonds is 3. The summed E-state index contributed by atoms with van der Waals surface area (Å²) in [6, 6.07) is 0.303. The number of carbonyl (C=O) groups is 1. The van der Waals surface area contributed by atoms with Crippen LogP contribution >= 0.6 is 0 Å². The van der Waals surface area contributed by atoms with E-state index in [0.29, 0.717) is 19.1 Å². The fourth-order valence-corrected chi connectivity index (χ4v) is 2.76. The number of piperidine rings is 1. The van der Waals surface area contributed by atoms with Crippen molar-refractivity contribution >= 4 is 5.91 Å². The highest BCUT2D eigenvalue weighted by Gasteiger charge is 2.34. The van der Waals surface area contributed by atoms with Gasteiger partial charge in [0.25, 0.3) is 5.92 Å². The van der Waals surface area contributed by atoms with E-state index in [2.05, 4.69) is 5.32 Å². The largest absolute Gasteiger partial charge is 0.352 e. The number of carbonyl (C=O) groups excluding carboxylic acids is 1. The molecule has 0 radical (unpaired) electrons. The van der Waals surface area contributed by atoms with E-state index in [1.165, 1.54) is 19.3 Å². The summed E-state index contributed by atoms with van der Waals surface area (Å²) in [6.45, 7) is 0.919. The normalized spacial score (nSPS) is 25.9. The van der Waals surface area contributed by atoms with Crippen molar-refractivity contribution < 1.29 is 13.6 Å². The fraction of sp³-hybridized carbons (Fsp3) is 0.923. The van der Waals surface area contributed by atoms with Crippen molar-refractivity contribution in [3.05, 3.63) is 0 Å². The third-order valence-corrected chi connectivity index (χ3v) is 3.93. The van der Waals surface area contributed by atoms with Gasteiger partial charge in [-0.25, -0.2) is 8.78 Å². The van der Waals surface area contributed by atoms with Gasteiger partial charge in [-0.15, -0.1) is 0 Å². The van der Waals surface area contributed by atoms with E-state index >= 15 is 0 Å². The molecule has 2 fully saturated rings. The van der Waals surface area contributed by atoms with Gasteiger partial charge in [-0.05, 0) is 12.8 Å². The molecule has 1 amide bonds. The molecule has 0 unspecified atom stereocenters. The van der Waals surface area contributed by atoms with E-state index in [9.17, 15) is 13.6 Å². The number of alkyl halides is 2. The lowest BCUT2D eigenvalue weighted by Gasteiger charge is -2.32. The smallest absolute Gasteiger partial charge is 0.250 e. The van der Waals surface area contributed by atoms with Crippen LogP contribution in [-0.2, 0) is 4.79 Å². The van der Waals surface area contributed by atoms with Crippen LogP contribution in [0.2, 0.25) is 0 Å². The minimum atomic E-state index is -2.53. The van der Waals surface area contributed by atoms with Crippen LogP contribution in [0.3, 0.4) is 0 Å². The van der Waals surface area contributed by atoms with E-state index in [1.807, 2.05) is 4.90 Å². The molecule has 0 aromatic carbocycles. The third kappa shape index (κ3) is 4.19. The van der Waals surface area contributed by atoms with E-state index < -0.39 is 5.92 Å². The number of halogens is 2. The minimum absolute atomic E-state index is 0.00730. The molecule has 0 bridgehead atoms. The molecular weight excluding hydrogens is 238 g/mol. The van der Waals surface area contributed by atoms with Gasteiger partial charge in [0, 0.05) is 32.0 Å². The summed E-state index contributed by atoms with van der Waals surface area (Å²) in [7, 11) is 0.